The monoisotopic (exact) mass is 367 g/mol. The highest BCUT2D eigenvalue weighted by Gasteiger charge is 2.17. The van der Waals surface area contributed by atoms with Crippen molar-refractivity contribution in [3.05, 3.63) is 59.8 Å². The lowest BCUT2D eigenvalue weighted by Gasteiger charge is -2.12. The van der Waals surface area contributed by atoms with Crippen molar-refractivity contribution in [3.63, 3.8) is 0 Å². The van der Waals surface area contributed by atoms with E-state index in [1.165, 1.54) is 14.2 Å². The normalized spacial score (nSPS) is 10.4. The zero-order valence-corrected chi connectivity index (χ0v) is 14.8. The second-order valence-electron chi connectivity index (χ2n) is 5.69. The first-order valence-corrected chi connectivity index (χ1v) is 8.05. The average molecular weight is 367 g/mol. The van der Waals surface area contributed by atoms with Gasteiger partial charge in [0.2, 0.25) is 0 Å². The van der Waals surface area contributed by atoms with E-state index in [2.05, 4.69) is 4.98 Å². The third-order valence-electron chi connectivity index (χ3n) is 3.93. The van der Waals surface area contributed by atoms with Crippen LogP contribution >= 0.6 is 0 Å². The third kappa shape index (κ3) is 3.98. The zero-order chi connectivity index (χ0) is 19.4. The molecule has 0 unspecified atom stereocenters. The number of carboxylic acids is 1. The molecule has 1 heterocycles. The number of carbonyl (C=O) groups is 2. The Balaban J connectivity index is 1.99. The largest absolute Gasteiger partial charge is 0.496 e. The van der Waals surface area contributed by atoms with Crippen LogP contribution in [0.2, 0.25) is 0 Å². The number of hydrogen-bond donors (Lipinski definition) is 1. The molecule has 0 fully saturated rings. The standard InChI is InChI=1S/C20H17NO6/c1-25-18-11-16-14(10-15(18)20(24)26-2)17(7-8-21-16)27-13-5-3-12(4-6-13)9-19(22)23/h3-8,10-11H,9H2,1-2H3,(H,22,23). The van der Waals surface area contributed by atoms with E-state index >= 15 is 0 Å². The average Bonchev–Trinajstić information content (AvgIpc) is 2.67. The van der Waals surface area contributed by atoms with Crippen molar-refractivity contribution in [2.75, 3.05) is 14.2 Å². The number of fused-ring (bicyclic) bond motifs is 1. The molecular formula is C20H17NO6. The molecule has 1 N–H and O–H groups in total. The lowest BCUT2D eigenvalue weighted by molar-refractivity contribution is -0.136. The minimum atomic E-state index is -0.895. The van der Waals surface area contributed by atoms with Gasteiger partial charge in [-0.25, -0.2) is 4.79 Å². The van der Waals surface area contributed by atoms with Crippen molar-refractivity contribution < 1.29 is 28.9 Å². The quantitative estimate of drug-likeness (QED) is 0.667. The van der Waals surface area contributed by atoms with E-state index in [1.54, 1.807) is 48.7 Å². The van der Waals surface area contributed by atoms with E-state index < -0.39 is 11.9 Å². The first kappa shape index (κ1) is 18.2. The summed E-state index contributed by atoms with van der Waals surface area (Å²) in [5, 5.41) is 9.46. The Bertz CT molecular complexity index is 997. The number of aliphatic carboxylic acids is 1. The lowest BCUT2D eigenvalue weighted by Crippen LogP contribution is -2.04. The SMILES string of the molecule is COC(=O)c1cc2c(Oc3ccc(CC(=O)O)cc3)ccnc2cc1OC. The molecule has 0 radical (unpaired) electrons. The van der Waals surface area contributed by atoms with Crippen molar-refractivity contribution in [1.29, 1.82) is 0 Å². The summed E-state index contributed by atoms with van der Waals surface area (Å²) < 4.78 is 16.0. The maximum atomic E-state index is 12.0. The molecule has 7 nitrogen and oxygen atoms in total. The van der Waals surface area contributed by atoms with E-state index in [0.717, 1.165) is 0 Å². The number of methoxy groups -OCH3 is 2. The molecule has 0 amide bonds. The number of pyridine rings is 1. The van der Waals surface area contributed by atoms with Crippen molar-refractivity contribution >= 4 is 22.8 Å². The van der Waals surface area contributed by atoms with E-state index in [4.69, 9.17) is 19.3 Å². The van der Waals surface area contributed by atoms with Gasteiger partial charge in [-0.05, 0) is 29.8 Å². The van der Waals surface area contributed by atoms with Gasteiger partial charge in [0.25, 0.3) is 0 Å². The number of benzene rings is 2. The zero-order valence-electron chi connectivity index (χ0n) is 14.8. The Labute approximate surface area is 155 Å². The van der Waals surface area contributed by atoms with Crippen LogP contribution in [0, 0.1) is 0 Å². The molecule has 0 bridgehead atoms. The topological polar surface area (TPSA) is 95.0 Å². The molecule has 3 aromatic rings. The number of rotatable bonds is 6. The fourth-order valence-electron chi connectivity index (χ4n) is 2.65. The second kappa shape index (κ2) is 7.74. The van der Waals surface area contributed by atoms with Crippen molar-refractivity contribution in [3.8, 4) is 17.2 Å². The summed E-state index contributed by atoms with van der Waals surface area (Å²) in [5.41, 5.74) is 1.54. The number of carboxylic acid groups (broad SMARTS) is 1. The van der Waals surface area contributed by atoms with Crippen LogP contribution in [0.5, 0.6) is 17.2 Å². The third-order valence-corrected chi connectivity index (χ3v) is 3.93. The molecule has 138 valence electrons. The van der Waals surface area contributed by atoms with Crippen LogP contribution < -0.4 is 9.47 Å². The summed E-state index contributed by atoms with van der Waals surface area (Å²) in [5.74, 6) is -0.0300. The highest BCUT2D eigenvalue weighted by atomic mass is 16.5. The van der Waals surface area contributed by atoms with Gasteiger partial charge < -0.3 is 19.3 Å². The van der Waals surface area contributed by atoms with Gasteiger partial charge in [0.15, 0.2) is 0 Å². The van der Waals surface area contributed by atoms with E-state index in [-0.39, 0.29) is 12.0 Å². The summed E-state index contributed by atoms with van der Waals surface area (Å²) in [6, 6.07) is 11.7. The smallest absolute Gasteiger partial charge is 0.341 e. The molecular weight excluding hydrogens is 350 g/mol. The molecule has 0 aliphatic carbocycles. The predicted molar refractivity (Wildman–Crippen MR) is 97.5 cm³/mol. The molecule has 27 heavy (non-hydrogen) atoms. The minimum Gasteiger partial charge on any atom is -0.496 e. The summed E-state index contributed by atoms with van der Waals surface area (Å²) in [4.78, 5) is 27.1. The highest BCUT2D eigenvalue weighted by Crippen LogP contribution is 2.33. The molecule has 2 aromatic carbocycles. The van der Waals surface area contributed by atoms with Gasteiger partial charge in [-0.1, -0.05) is 12.1 Å². The maximum absolute atomic E-state index is 12.0. The van der Waals surface area contributed by atoms with Gasteiger partial charge >= 0.3 is 11.9 Å². The summed E-state index contributed by atoms with van der Waals surface area (Å²) in [6.07, 6.45) is 1.54. The maximum Gasteiger partial charge on any atom is 0.341 e. The number of hydrogen-bond acceptors (Lipinski definition) is 6. The Kier molecular flexibility index (Phi) is 5.21. The van der Waals surface area contributed by atoms with Gasteiger partial charge in [0, 0.05) is 17.6 Å². The number of carbonyl (C=O) groups excluding carboxylic acids is 1. The molecule has 0 atom stereocenters. The number of ether oxygens (including phenoxy) is 3. The van der Waals surface area contributed by atoms with Gasteiger partial charge in [0.05, 0.1) is 26.2 Å². The minimum absolute atomic E-state index is 0.0548. The highest BCUT2D eigenvalue weighted by molar-refractivity contribution is 5.99. The Morgan fingerprint density at radius 2 is 1.78 bits per heavy atom. The second-order valence-corrected chi connectivity index (χ2v) is 5.69. The van der Waals surface area contributed by atoms with E-state index in [0.29, 0.717) is 33.7 Å². The van der Waals surface area contributed by atoms with Crippen LogP contribution in [0.3, 0.4) is 0 Å². The first-order valence-electron chi connectivity index (χ1n) is 8.05. The van der Waals surface area contributed by atoms with Crippen molar-refractivity contribution in [1.82, 2.24) is 4.98 Å². The van der Waals surface area contributed by atoms with Crippen LogP contribution in [0.15, 0.2) is 48.7 Å². The molecule has 7 heteroatoms. The van der Waals surface area contributed by atoms with Crippen LogP contribution in [0.4, 0.5) is 0 Å². The van der Waals surface area contributed by atoms with E-state index in [1.807, 2.05) is 0 Å². The van der Waals surface area contributed by atoms with Gasteiger partial charge in [-0.2, -0.15) is 0 Å². The summed E-state index contributed by atoms with van der Waals surface area (Å²) in [7, 11) is 2.76. The first-order chi connectivity index (χ1) is 13.0. The fraction of sp³-hybridized carbons (Fsp3) is 0.150. The number of esters is 1. The van der Waals surface area contributed by atoms with Crippen LogP contribution in [-0.2, 0) is 16.0 Å². The van der Waals surface area contributed by atoms with Gasteiger partial charge in [-0.15, -0.1) is 0 Å². The van der Waals surface area contributed by atoms with Gasteiger partial charge in [-0.3, -0.25) is 9.78 Å². The van der Waals surface area contributed by atoms with Crippen molar-refractivity contribution in [2.24, 2.45) is 0 Å². The molecule has 3 rings (SSSR count). The van der Waals surface area contributed by atoms with E-state index in [9.17, 15) is 9.59 Å². The molecule has 0 spiro atoms. The molecule has 0 saturated heterocycles. The number of aromatic nitrogens is 1. The van der Waals surface area contributed by atoms with Crippen molar-refractivity contribution in [2.45, 2.75) is 6.42 Å². The summed E-state index contributed by atoms with van der Waals surface area (Å²) >= 11 is 0. The van der Waals surface area contributed by atoms with Crippen LogP contribution in [-0.4, -0.2) is 36.2 Å². The Morgan fingerprint density at radius 1 is 1.04 bits per heavy atom. The Morgan fingerprint density at radius 3 is 2.41 bits per heavy atom. The predicted octanol–water partition coefficient (Wildman–Crippen LogP) is 3.45. The molecule has 0 aliphatic heterocycles. The molecule has 0 saturated carbocycles. The molecule has 0 aliphatic rings. The molecule has 1 aromatic heterocycles. The Hall–Kier alpha value is -3.61. The fourth-order valence-corrected chi connectivity index (χ4v) is 2.65. The lowest BCUT2D eigenvalue weighted by atomic mass is 10.1. The van der Waals surface area contributed by atoms with Crippen LogP contribution in [0.25, 0.3) is 10.9 Å². The number of nitrogens with zero attached hydrogens (tertiary/aromatic N) is 1. The summed E-state index contributed by atoms with van der Waals surface area (Å²) in [6.45, 7) is 0. The van der Waals surface area contributed by atoms with Gasteiger partial charge in [0.1, 0.15) is 22.8 Å². The van der Waals surface area contributed by atoms with Crippen LogP contribution in [0.1, 0.15) is 15.9 Å².